The first-order valence-electron chi connectivity index (χ1n) is 4.33. The minimum Gasteiger partial charge on any atom is -0.481 e. The summed E-state index contributed by atoms with van der Waals surface area (Å²) < 4.78 is 14.0. The molecule has 0 saturated carbocycles. The Morgan fingerprint density at radius 3 is 2.93 bits per heavy atom. The van der Waals surface area contributed by atoms with Gasteiger partial charge in [-0.15, -0.1) is 0 Å². The summed E-state index contributed by atoms with van der Waals surface area (Å²) in [6.07, 6.45) is 0.111. The van der Waals surface area contributed by atoms with Crippen molar-refractivity contribution in [1.29, 1.82) is 0 Å². The third kappa shape index (κ3) is 4.66. The van der Waals surface area contributed by atoms with E-state index in [2.05, 4.69) is 15.9 Å². The van der Waals surface area contributed by atoms with Crippen LogP contribution in [0.25, 0.3) is 0 Å². The molecule has 0 heterocycles. The lowest BCUT2D eigenvalue weighted by Gasteiger charge is -2.03. The summed E-state index contributed by atoms with van der Waals surface area (Å²) in [5.74, 6) is -0.0712. The molecule has 0 aliphatic rings. The summed E-state index contributed by atoms with van der Waals surface area (Å²) in [6.45, 7) is 0. The number of carbonyl (C=O) groups is 1. The summed E-state index contributed by atoms with van der Waals surface area (Å²) >= 11 is 4.67. The van der Waals surface area contributed by atoms with E-state index in [9.17, 15) is 9.18 Å². The van der Waals surface area contributed by atoms with Gasteiger partial charge >= 0.3 is 5.97 Å². The standard InChI is InChI=1S/C10H10BrFO2S/c11-8-1-2-9(12)7(5-8)6-15-4-3-10(13)14/h1-2,5H,3-4,6H2,(H,13,14). The van der Waals surface area contributed by atoms with E-state index in [4.69, 9.17) is 5.11 Å². The number of halogens is 2. The third-order valence-corrected chi connectivity index (χ3v) is 3.23. The molecule has 0 bridgehead atoms. The van der Waals surface area contributed by atoms with Crippen LogP contribution in [0.2, 0.25) is 0 Å². The molecule has 1 aromatic carbocycles. The maximum atomic E-state index is 13.2. The molecule has 1 N–H and O–H groups in total. The van der Waals surface area contributed by atoms with Crippen LogP contribution in [0.15, 0.2) is 22.7 Å². The molecule has 0 aromatic heterocycles. The van der Waals surface area contributed by atoms with E-state index in [1.807, 2.05) is 0 Å². The molecule has 0 aliphatic carbocycles. The number of hydrogen-bond donors (Lipinski definition) is 1. The van der Waals surface area contributed by atoms with Crippen molar-refractivity contribution in [2.45, 2.75) is 12.2 Å². The van der Waals surface area contributed by atoms with Gasteiger partial charge in [0.25, 0.3) is 0 Å². The van der Waals surface area contributed by atoms with Crippen LogP contribution >= 0.6 is 27.7 Å². The number of aliphatic carboxylic acids is 1. The van der Waals surface area contributed by atoms with Crippen molar-refractivity contribution in [3.8, 4) is 0 Å². The van der Waals surface area contributed by atoms with Crippen LogP contribution in [-0.4, -0.2) is 16.8 Å². The molecule has 0 aliphatic heterocycles. The van der Waals surface area contributed by atoms with Crippen molar-refractivity contribution in [2.24, 2.45) is 0 Å². The maximum Gasteiger partial charge on any atom is 0.304 e. The second-order valence-corrected chi connectivity index (χ2v) is 4.95. The van der Waals surface area contributed by atoms with Crippen molar-refractivity contribution < 1.29 is 14.3 Å². The number of rotatable bonds is 5. The van der Waals surface area contributed by atoms with Crippen LogP contribution in [0.1, 0.15) is 12.0 Å². The van der Waals surface area contributed by atoms with Crippen LogP contribution in [0, 0.1) is 5.82 Å². The van der Waals surface area contributed by atoms with Crippen LogP contribution < -0.4 is 0 Å². The molecular weight excluding hydrogens is 283 g/mol. The fourth-order valence-electron chi connectivity index (χ4n) is 0.996. The van der Waals surface area contributed by atoms with E-state index in [0.29, 0.717) is 17.1 Å². The van der Waals surface area contributed by atoms with Gasteiger partial charge in [-0.3, -0.25) is 4.79 Å². The van der Waals surface area contributed by atoms with E-state index in [1.165, 1.54) is 17.8 Å². The zero-order valence-electron chi connectivity index (χ0n) is 7.87. The molecule has 15 heavy (non-hydrogen) atoms. The van der Waals surface area contributed by atoms with Gasteiger partial charge in [-0.05, 0) is 23.8 Å². The van der Waals surface area contributed by atoms with Crippen molar-refractivity contribution in [2.75, 3.05) is 5.75 Å². The molecule has 1 rings (SSSR count). The smallest absolute Gasteiger partial charge is 0.304 e. The number of carboxylic acids is 1. The molecule has 0 fully saturated rings. The largest absolute Gasteiger partial charge is 0.481 e. The Hall–Kier alpha value is -0.550. The normalized spacial score (nSPS) is 10.3. The van der Waals surface area contributed by atoms with Gasteiger partial charge in [0, 0.05) is 16.0 Å². The summed E-state index contributed by atoms with van der Waals surface area (Å²) in [4.78, 5) is 10.2. The molecule has 0 amide bonds. The van der Waals surface area contributed by atoms with Crippen LogP contribution in [-0.2, 0) is 10.5 Å². The summed E-state index contributed by atoms with van der Waals surface area (Å²) in [5.41, 5.74) is 0.597. The van der Waals surface area contributed by atoms with Gasteiger partial charge in [-0.25, -0.2) is 4.39 Å². The maximum absolute atomic E-state index is 13.2. The minimum absolute atomic E-state index is 0.111. The number of thioether (sulfide) groups is 1. The monoisotopic (exact) mass is 292 g/mol. The van der Waals surface area contributed by atoms with Gasteiger partial charge in [0.1, 0.15) is 5.82 Å². The van der Waals surface area contributed by atoms with Gasteiger partial charge in [0.15, 0.2) is 0 Å². The van der Waals surface area contributed by atoms with E-state index in [-0.39, 0.29) is 12.2 Å². The first kappa shape index (κ1) is 12.5. The highest BCUT2D eigenvalue weighted by Gasteiger charge is 2.03. The van der Waals surface area contributed by atoms with Crippen molar-refractivity contribution in [3.05, 3.63) is 34.1 Å². The minimum atomic E-state index is -0.822. The highest BCUT2D eigenvalue weighted by atomic mass is 79.9. The van der Waals surface area contributed by atoms with Crippen LogP contribution in [0.5, 0.6) is 0 Å². The van der Waals surface area contributed by atoms with E-state index >= 15 is 0 Å². The summed E-state index contributed by atoms with van der Waals surface area (Å²) in [5, 5.41) is 8.41. The Morgan fingerprint density at radius 1 is 1.53 bits per heavy atom. The Balaban J connectivity index is 2.43. The highest BCUT2D eigenvalue weighted by molar-refractivity contribution is 9.10. The van der Waals surface area contributed by atoms with Gasteiger partial charge in [0.2, 0.25) is 0 Å². The molecule has 2 nitrogen and oxygen atoms in total. The van der Waals surface area contributed by atoms with E-state index in [0.717, 1.165) is 4.47 Å². The number of carboxylic acid groups (broad SMARTS) is 1. The van der Waals surface area contributed by atoms with E-state index in [1.54, 1.807) is 12.1 Å². The SMILES string of the molecule is O=C(O)CCSCc1cc(Br)ccc1F. The second-order valence-electron chi connectivity index (χ2n) is 2.93. The number of benzene rings is 1. The molecule has 0 saturated heterocycles. The van der Waals surface area contributed by atoms with Gasteiger partial charge < -0.3 is 5.11 Å². The van der Waals surface area contributed by atoms with E-state index < -0.39 is 5.97 Å². The molecule has 0 atom stereocenters. The predicted octanol–water partition coefficient (Wildman–Crippen LogP) is 3.30. The van der Waals surface area contributed by atoms with Gasteiger partial charge in [-0.1, -0.05) is 15.9 Å². The molecule has 0 radical (unpaired) electrons. The second kappa shape index (κ2) is 6.12. The molecule has 0 spiro atoms. The third-order valence-electron chi connectivity index (χ3n) is 1.73. The summed E-state index contributed by atoms with van der Waals surface area (Å²) in [6, 6.07) is 4.75. The van der Waals surface area contributed by atoms with Crippen molar-refractivity contribution in [1.82, 2.24) is 0 Å². The fourth-order valence-corrected chi connectivity index (χ4v) is 2.31. The first-order chi connectivity index (χ1) is 7.09. The zero-order chi connectivity index (χ0) is 11.3. The quantitative estimate of drug-likeness (QED) is 0.846. The topological polar surface area (TPSA) is 37.3 Å². The average Bonchev–Trinajstić information content (AvgIpc) is 2.17. The fraction of sp³-hybridized carbons (Fsp3) is 0.300. The zero-order valence-corrected chi connectivity index (χ0v) is 10.3. The number of hydrogen-bond acceptors (Lipinski definition) is 2. The van der Waals surface area contributed by atoms with Gasteiger partial charge in [-0.2, -0.15) is 11.8 Å². The first-order valence-corrected chi connectivity index (χ1v) is 6.28. The highest BCUT2D eigenvalue weighted by Crippen LogP contribution is 2.20. The molecule has 1 aromatic rings. The Kier molecular flexibility index (Phi) is 5.11. The Bertz CT molecular complexity index is 357. The van der Waals surface area contributed by atoms with Gasteiger partial charge in [0.05, 0.1) is 6.42 Å². The lowest BCUT2D eigenvalue weighted by Crippen LogP contribution is -1.96. The molecular formula is C10H10BrFO2S. The van der Waals surface area contributed by atoms with Crippen molar-refractivity contribution >= 4 is 33.7 Å². The van der Waals surface area contributed by atoms with Crippen molar-refractivity contribution in [3.63, 3.8) is 0 Å². The average molecular weight is 293 g/mol. The molecule has 0 unspecified atom stereocenters. The van der Waals surface area contributed by atoms with Crippen LogP contribution in [0.3, 0.4) is 0 Å². The predicted molar refractivity (Wildman–Crippen MR) is 62.5 cm³/mol. The Labute approximate surface area is 100 Å². The molecule has 82 valence electrons. The molecule has 5 heteroatoms. The van der Waals surface area contributed by atoms with Crippen LogP contribution in [0.4, 0.5) is 4.39 Å². The lowest BCUT2D eigenvalue weighted by atomic mass is 10.2. The lowest BCUT2D eigenvalue weighted by molar-refractivity contribution is -0.136. The Morgan fingerprint density at radius 2 is 2.27 bits per heavy atom. The summed E-state index contributed by atoms with van der Waals surface area (Å²) in [7, 11) is 0.